The van der Waals surface area contributed by atoms with Crippen LogP contribution in [0.15, 0.2) is 24.3 Å². The normalized spacial score (nSPS) is 21.6. The van der Waals surface area contributed by atoms with Crippen LogP contribution in [0, 0.1) is 12.7 Å². The van der Waals surface area contributed by atoms with Crippen LogP contribution in [0.3, 0.4) is 0 Å². The first-order valence-electron chi connectivity index (χ1n) is 10.8. The summed E-state index contributed by atoms with van der Waals surface area (Å²) in [7, 11) is 0. The predicted octanol–water partition coefficient (Wildman–Crippen LogP) is 3.88. The van der Waals surface area contributed by atoms with Gasteiger partial charge in [-0.15, -0.1) is 0 Å². The van der Waals surface area contributed by atoms with Gasteiger partial charge in [0.2, 0.25) is 0 Å². The summed E-state index contributed by atoms with van der Waals surface area (Å²) < 4.78 is 14.5. The van der Waals surface area contributed by atoms with Gasteiger partial charge >= 0.3 is 0 Å². The Hall–Kier alpha value is -2.51. The molecule has 2 aliphatic rings. The van der Waals surface area contributed by atoms with Gasteiger partial charge in [-0.1, -0.05) is 12.8 Å². The molecule has 158 valence electrons. The van der Waals surface area contributed by atoms with Crippen LogP contribution in [-0.4, -0.2) is 49.9 Å². The highest BCUT2D eigenvalue weighted by Gasteiger charge is 2.40. The van der Waals surface area contributed by atoms with Gasteiger partial charge in [0.1, 0.15) is 11.6 Å². The molecule has 3 heterocycles. The summed E-state index contributed by atoms with van der Waals surface area (Å²) in [4.78, 5) is 7.17. The number of aryl methyl sites for hydroxylation is 1. The highest BCUT2D eigenvalue weighted by atomic mass is 19.1. The number of benzene rings is 1. The molecule has 1 saturated carbocycles. The number of phenols is 1. The van der Waals surface area contributed by atoms with Crippen molar-refractivity contribution in [3.8, 4) is 17.0 Å². The fraction of sp³-hybridized carbons (Fsp3) is 0.478. The SMILES string of the molecule is Cc1n[nH]c2nc(-c3ccc(O)cc3F)cc(CN3CC4(CCCC4)NC[C@H]3C)c12. The highest BCUT2D eigenvalue weighted by molar-refractivity contribution is 5.84. The van der Waals surface area contributed by atoms with Crippen LogP contribution >= 0.6 is 0 Å². The summed E-state index contributed by atoms with van der Waals surface area (Å²) in [5.41, 5.74) is 3.85. The molecule has 3 N–H and O–H groups in total. The maximum Gasteiger partial charge on any atom is 0.156 e. The monoisotopic (exact) mass is 409 g/mol. The van der Waals surface area contributed by atoms with Gasteiger partial charge in [-0.25, -0.2) is 9.37 Å². The maximum absolute atomic E-state index is 14.5. The lowest BCUT2D eigenvalue weighted by molar-refractivity contribution is 0.0830. The van der Waals surface area contributed by atoms with Crippen molar-refractivity contribution in [3.05, 3.63) is 41.3 Å². The summed E-state index contributed by atoms with van der Waals surface area (Å²) in [6, 6.07) is 6.59. The van der Waals surface area contributed by atoms with E-state index in [1.165, 1.54) is 31.7 Å². The van der Waals surface area contributed by atoms with Crippen LogP contribution in [0.25, 0.3) is 22.3 Å². The molecule has 6 nitrogen and oxygen atoms in total. The number of hydrogen-bond donors (Lipinski definition) is 3. The topological polar surface area (TPSA) is 77.1 Å². The molecular formula is C23H28FN5O. The number of H-pyrrole nitrogens is 1. The van der Waals surface area contributed by atoms with Crippen LogP contribution in [0.4, 0.5) is 4.39 Å². The number of nitrogens with one attached hydrogen (secondary N) is 2. The van der Waals surface area contributed by atoms with Crippen LogP contribution in [0.1, 0.15) is 43.9 Å². The molecule has 3 aromatic rings. The van der Waals surface area contributed by atoms with Gasteiger partial charge < -0.3 is 10.4 Å². The molecule has 2 aromatic heterocycles. The third kappa shape index (κ3) is 3.36. The van der Waals surface area contributed by atoms with Gasteiger partial charge in [0.05, 0.1) is 11.4 Å². The van der Waals surface area contributed by atoms with E-state index in [1.54, 1.807) is 6.07 Å². The van der Waals surface area contributed by atoms with E-state index in [0.717, 1.165) is 42.3 Å². The molecule has 30 heavy (non-hydrogen) atoms. The first kappa shape index (κ1) is 19.5. The van der Waals surface area contributed by atoms with Crippen molar-refractivity contribution in [2.24, 2.45) is 0 Å². The third-order valence-corrected chi connectivity index (χ3v) is 6.86. The van der Waals surface area contributed by atoms with Crippen molar-refractivity contribution in [3.63, 3.8) is 0 Å². The number of phenolic OH excluding ortho intramolecular Hbond substituents is 1. The zero-order chi connectivity index (χ0) is 20.9. The maximum atomic E-state index is 14.5. The summed E-state index contributed by atoms with van der Waals surface area (Å²) in [6.45, 7) is 7.02. The first-order chi connectivity index (χ1) is 14.4. The fourth-order valence-electron chi connectivity index (χ4n) is 5.16. The molecule has 1 aliphatic heterocycles. The number of nitrogens with zero attached hydrogens (tertiary/aromatic N) is 3. The number of aromatic amines is 1. The quantitative estimate of drug-likeness (QED) is 0.612. The first-order valence-corrected chi connectivity index (χ1v) is 10.8. The molecule has 0 bridgehead atoms. The van der Waals surface area contributed by atoms with E-state index in [2.05, 4.69) is 32.3 Å². The lowest BCUT2D eigenvalue weighted by Crippen LogP contribution is -2.62. The van der Waals surface area contributed by atoms with Gasteiger partial charge in [0.15, 0.2) is 5.65 Å². The summed E-state index contributed by atoms with van der Waals surface area (Å²) >= 11 is 0. The van der Waals surface area contributed by atoms with Crippen LogP contribution < -0.4 is 5.32 Å². The Bertz CT molecular complexity index is 1090. The number of pyridine rings is 1. The molecule has 1 saturated heterocycles. The second-order valence-corrected chi connectivity index (χ2v) is 8.99. The lowest BCUT2D eigenvalue weighted by atomic mass is 9.92. The molecule has 1 aliphatic carbocycles. The molecule has 0 amide bonds. The van der Waals surface area contributed by atoms with E-state index >= 15 is 0 Å². The van der Waals surface area contributed by atoms with Crippen molar-refractivity contribution in [2.75, 3.05) is 13.1 Å². The number of halogens is 1. The third-order valence-electron chi connectivity index (χ3n) is 6.86. The van der Waals surface area contributed by atoms with Crippen molar-refractivity contribution >= 4 is 11.0 Å². The molecular weight excluding hydrogens is 381 g/mol. The standard InChI is InChI=1S/C23H28FN5O/c1-14-11-25-23(7-3-4-8-23)13-29(14)12-16-9-20(18-6-5-17(30)10-19(18)24)26-22-21(16)15(2)27-28-22/h5-6,9-10,14,25,30H,3-4,7-8,11-13H2,1-2H3,(H,26,27,28)/t14-/m1/s1. The zero-order valence-corrected chi connectivity index (χ0v) is 17.5. The van der Waals surface area contributed by atoms with Crippen molar-refractivity contribution < 1.29 is 9.50 Å². The van der Waals surface area contributed by atoms with E-state index < -0.39 is 5.82 Å². The zero-order valence-electron chi connectivity index (χ0n) is 17.5. The molecule has 7 heteroatoms. The number of hydrogen-bond acceptors (Lipinski definition) is 5. The average Bonchev–Trinajstić information content (AvgIpc) is 3.32. The van der Waals surface area contributed by atoms with E-state index in [-0.39, 0.29) is 11.3 Å². The lowest BCUT2D eigenvalue weighted by Gasteiger charge is -2.45. The van der Waals surface area contributed by atoms with E-state index in [0.29, 0.717) is 22.9 Å². The van der Waals surface area contributed by atoms with Crippen LogP contribution in [0.2, 0.25) is 0 Å². The Morgan fingerprint density at radius 1 is 1.27 bits per heavy atom. The van der Waals surface area contributed by atoms with Crippen LogP contribution in [0.5, 0.6) is 5.75 Å². The van der Waals surface area contributed by atoms with Crippen molar-refractivity contribution in [1.82, 2.24) is 25.4 Å². The average molecular weight is 410 g/mol. The number of fused-ring (bicyclic) bond motifs is 1. The summed E-state index contributed by atoms with van der Waals surface area (Å²) in [5.74, 6) is -0.573. The number of piperazine rings is 1. The minimum Gasteiger partial charge on any atom is -0.508 e. The molecule has 1 spiro atoms. The van der Waals surface area contributed by atoms with Gasteiger partial charge in [-0.05, 0) is 50.5 Å². The Morgan fingerprint density at radius 2 is 2.07 bits per heavy atom. The largest absolute Gasteiger partial charge is 0.508 e. The summed E-state index contributed by atoms with van der Waals surface area (Å²) in [5, 5.41) is 21.8. The molecule has 0 unspecified atom stereocenters. The number of aromatic hydroxyl groups is 1. The molecule has 2 fully saturated rings. The number of aromatic nitrogens is 3. The van der Waals surface area contributed by atoms with Gasteiger partial charge in [-0.2, -0.15) is 5.10 Å². The van der Waals surface area contributed by atoms with Crippen molar-refractivity contribution in [1.29, 1.82) is 0 Å². The predicted molar refractivity (Wildman–Crippen MR) is 115 cm³/mol. The minimum atomic E-state index is -0.482. The fourth-order valence-corrected chi connectivity index (χ4v) is 5.16. The number of rotatable bonds is 3. The van der Waals surface area contributed by atoms with Crippen molar-refractivity contribution in [2.45, 2.75) is 57.7 Å². The van der Waals surface area contributed by atoms with E-state index in [1.807, 2.05) is 13.0 Å². The van der Waals surface area contributed by atoms with Gasteiger partial charge in [-0.3, -0.25) is 10.00 Å². The summed E-state index contributed by atoms with van der Waals surface area (Å²) in [6.07, 6.45) is 5.05. The second kappa shape index (κ2) is 7.32. The molecule has 1 atom stereocenters. The Balaban J connectivity index is 1.55. The van der Waals surface area contributed by atoms with Gasteiger partial charge in [0.25, 0.3) is 0 Å². The Labute approximate surface area is 175 Å². The highest BCUT2D eigenvalue weighted by Crippen LogP contribution is 2.35. The Kier molecular flexibility index (Phi) is 4.75. The van der Waals surface area contributed by atoms with E-state index in [4.69, 9.17) is 0 Å². The smallest absolute Gasteiger partial charge is 0.156 e. The second-order valence-electron chi connectivity index (χ2n) is 8.99. The Morgan fingerprint density at radius 3 is 2.83 bits per heavy atom. The van der Waals surface area contributed by atoms with Gasteiger partial charge in [0, 0.05) is 48.2 Å². The van der Waals surface area contributed by atoms with E-state index in [9.17, 15) is 9.50 Å². The molecule has 0 radical (unpaired) electrons. The van der Waals surface area contributed by atoms with Crippen LogP contribution in [-0.2, 0) is 6.54 Å². The molecule has 5 rings (SSSR count). The molecule has 1 aromatic carbocycles. The minimum absolute atomic E-state index is 0.0913.